The van der Waals surface area contributed by atoms with Crippen molar-refractivity contribution in [3.05, 3.63) is 63.3 Å². The third-order valence-electron chi connectivity index (χ3n) is 8.92. The summed E-state index contributed by atoms with van der Waals surface area (Å²) in [4.78, 5) is 29.1. The number of fused-ring (bicyclic) bond motifs is 3. The Hall–Kier alpha value is -2.81. The van der Waals surface area contributed by atoms with Crippen molar-refractivity contribution in [2.75, 3.05) is 25.0 Å². The fourth-order valence-corrected chi connectivity index (χ4v) is 6.68. The Morgan fingerprint density at radius 1 is 1.14 bits per heavy atom. The van der Waals surface area contributed by atoms with Gasteiger partial charge in [0, 0.05) is 36.0 Å². The maximum Gasteiger partial charge on any atom is 0.266 e. The van der Waals surface area contributed by atoms with Gasteiger partial charge in [0.25, 0.3) is 17.9 Å². The molecule has 6 nitrogen and oxygen atoms in total. The van der Waals surface area contributed by atoms with Gasteiger partial charge in [-0.3, -0.25) is 9.59 Å². The lowest BCUT2D eigenvalue weighted by atomic mass is 9.49. The van der Waals surface area contributed by atoms with E-state index in [1.54, 1.807) is 17.7 Å². The molecule has 192 valence electrons. The summed E-state index contributed by atoms with van der Waals surface area (Å²) in [5.74, 6) is -0.335. The molecule has 4 bridgehead atoms. The van der Waals surface area contributed by atoms with Crippen molar-refractivity contribution < 1.29 is 18.0 Å². The molecule has 3 aliphatic heterocycles. The molecule has 6 aliphatic rings. The largest absolute Gasteiger partial charge is 0.380 e. The van der Waals surface area contributed by atoms with Gasteiger partial charge in [-0.1, -0.05) is 18.2 Å². The van der Waals surface area contributed by atoms with Crippen LogP contribution in [0.5, 0.6) is 0 Å². The Bertz CT molecular complexity index is 1240. The minimum Gasteiger partial charge on any atom is -0.380 e. The van der Waals surface area contributed by atoms with Crippen LogP contribution in [0.25, 0.3) is 0 Å². The van der Waals surface area contributed by atoms with Gasteiger partial charge in [0.15, 0.2) is 0 Å². The zero-order valence-electron chi connectivity index (χ0n) is 20.3. The number of halogens is 3. The second-order valence-electron chi connectivity index (χ2n) is 11.1. The molecule has 1 aromatic carbocycles. The first-order valence-corrected chi connectivity index (χ1v) is 12.9. The van der Waals surface area contributed by atoms with Crippen molar-refractivity contribution in [3.63, 3.8) is 0 Å². The van der Waals surface area contributed by atoms with Gasteiger partial charge in [0.05, 0.1) is 22.9 Å². The predicted molar refractivity (Wildman–Crippen MR) is 130 cm³/mol. The van der Waals surface area contributed by atoms with E-state index in [4.69, 9.17) is 0 Å². The number of rotatable bonds is 7. The van der Waals surface area contributed by atoms with Crippen molar-refractivity contribution in [2.45, 2.75) is 63.1 Å². The van der Waals surface area contributed by atoms with Gasteiger partial charge in [-0.2, -0.15) is 0 Å². The van der Waals surface area contributed by atoms with Gasteiger partial charge in [-0.25, -0.2) is 13.2 Å². The second kappa shape index (κ2) is 8.64. The number of benzene rings is 1. The van der Waals surface area contributed by atoms with Gasteiger partial charge < -0.3 is 20.1 Å². The predicted octanol–water partition coefficient (Wildman–Crippen LogP) is 4.43. The molecule has 2 atom stereocenters. The molecule has 2 N–H and O–H groups in total. The Kier molecular flexibility index (Phi) is 5.66. The highest BCUT2D eigenvalue weighted by atomic mass is 19.3. The Morgan fingerprint density at radius 2 is 1.83 bits per heavy atom. The van der Waals surface area contributed by atoms with E-state index in [1.807, 2.05) is 0 Å². The van der Waals surface area contributed by atoms with Crippen LogP contribution in [0.15, 0.2) is 35.3 Å². The minimum absolute atomic E-state index is 0.000734. The molecule has 9 heteroatoms. The topological polar surface area (TPSA) is 66.4 Å². The summed E-state index contributed by atoms with van der Waals surface area (Å²) in [7, 11) is 0. The summed E-state index contributed by atoms with van der Waals surface area (Å²) in [5.41, 5.74) is -0.205. The first-order chi connectivity index (χ1) is 17.2. The number of carbonyl (C=O) groups is 1. The van der Waals surface area contributed by atoms with Crippen LogP contribution >= 0.6 is 0 Å². The number of amides is 1. The van der Waals surface area contributed by atoms with E-state index in [0.717, 1.165) is 57.8 Å². The summed E-state index contributed by atoms with van der Waals surface area (Å²) in [6.45, 7) is 4.58. The van der Waals surface area contributed by atoms with Crippen molar-refractivity contribution in [1.82, 2.24) is 14.8 Å². The van der Waals surface area contributed by atoms with Crippen LogP contribution < -0.4 is 16.2 Å². The van der Waals surface area contributed by atoms with Gasteiger partial charge in [-0.15, -0.1) is 0 Å². The summed E-state index contributed by atoms with van der Waals surface area (Å²) in [5, 5.41) is 6.28. The van der Waals surface area contributed by atoms with E-state index in [2.05, 4.69) is 15.5 Å². The average Bonchev–Trinajstić information content (AvgIpc) is 2.79. The van der Waals surface area contributed by atoms with Crippen LogP contribution in [0.3, 0.4) is 0 Å². The number of hydrogen-bond donors (Lipinski definition) is 2. The molecule has 0 unspecified atom stereocenters. The number of alkyl halides is 2. The second-order valence-corrected chi connectivity index (χ2v) is 11.1. The van der Waals surface area contributed by atoms with E-state index in [9.17, 15) is 22.8 Å². The number of hydrogen-bond acceptors (Lipinski definition) is 4. The monoisotopic (exact) mass is 500 g/mol. The van der Waals surface area contributed by atoms with E-state index in [0.29, 0.717) is 23.1 Å². The standard InChI is InChI=1S/C27H31F3N4O2/c1-15(18-3-2-4-19(24(18)28)25(29)30)31-26(36)20-13-34(27-10-16(11-27)12-27)23(35)9-21(20)32-22-14-33-7-5-17(22)6-8-33/h2-4,9,13,15-17,22,25,32H,5-8,10-12,14H2,1H3,(H,31,36)/t15-,16?,22+,27?/m1/s1. The molecule has 1 aromatic heterocycles. The normalized spacial score (nSPS) is 30.9. The summed E-state index contributed by atoms with van der Waals surface area (Å²) in [6, 6.07) is 4.65. The Balaban J connectivity index is 1.31. The highest BCUT2D eigenvalue weighted by Crippen LogP contribution is 2.61. The first-order valence-electron chi connectivity index (χ1n) is 12.9. The molecule has 36 heavy (non-hydrogen) atoms. The number of aromatic nitrogens is 1. The summed E-state index contributed by atoms with van der Waals surface area (Å²) in [6.07, 6.45) is 3.71. The highest BCUT2D eigenvalue weighted by molar-refractivity contribution is 5.99. The Morgan fingerprint density at radius 3 is 2.42 bits per heavy atom. The summed E-state index contributed by atoms with van der Waals surface area (Å²) >= 11 is 0. The number of nitrogens with one attached hydrogen (secondary N) is 2. The number of nitrogens with zero attached hydrogens (tertiary/aromatic N) is 2. The van der Waals surface area contributed by atoms with Crippen LogP contribution in [0.4, 0.5) is 18.9 Å². The molecule has 1 amide bonds. The van der Waals surface area contributed by atoms with Crippen molar-refractivity contribution >= 4 is 11.6 Å². The van der Waals surface area contributed by atoms with Crippen LogP contribution in [0, 0.1) is 17.7 Å². The number of piperidine rings is 3. The third kappa shape index (κ3) is 3.83. The van der Waals surface area contributed by atoms with E-state index in [-0.39, 0.29) is 22.7 Å². The average molecular weight is 501 g/mol. The molecule has 6 fully saturated rings. The third-order valence-corrected chi connectivity index (χ3v) is 8.92. The molecular weight excluding hydrogens is 469 g/mol. The quantitative estimate of drug-likeness (QED) is 0.590. The zero-order chi connectivity index (χ0) is 25.2. The molecule has 2 aromatic rings. The van der Waals surface area contributed by atoms with Gasteiger partial charge in [0.2, 0.25) is 0 Å². The number of pyridine rings is 1. The lowest BCUT2D eigenvalue weighted by Crippen LogP contribution is -2.62. The Labute approximate surface area is 207 Å². The van der Waals surface area contributed by atoms with Gasteiger partial charge >= 0.3 is 0 Å². The van der Waals surface area contributed by atoms with Crippen LogP contribution in [0.1, 0.15) is 73.0 Å². The van der Waals surface area contributed by atoms with Gasteiger partial charge in [-0.05, 0) is 64.0 Å². The molecule has 0 spiro atoms. The SMILES string of the molecule is C[C@@H](NC(=O)c1cn(C23CC(C2)C3)c(=O)cc1N[C@H]1CN2CCC1CC2)c1cccc(C(F)F)c1F. The zero-order valence-corrected chi connectivity index (χ0v) is 20.3. The van der Waals surface area contributed by atoms with Gasteiger partial charge in [0.1, 0.15) is 5.82 Å². The fourth-order valence-electron chi connectivity index (χ4n) is 6.68. The number of anilines is 1. The van der Waals surface area contributed by atoms with E-state index in [1.165, 1.54) is 18.2 Å². The van der Waals surface area contributed by atoms with Crippen LogP contribution in [-0.2, 0) is 5.54 Å². The lowest BCUT2D eigenvalue weighted by molar-refractivity contribution is -0.0914. The maximum absolute atomic E-state index is 14.7. The molecular formula is C27H31F3N4O2. The maximum atomic E-state index is 14.7. The summed E-state index contributed by atoms with van der Waals surface area (Å²) < 4.78 is 42.8. The lowest BCUT2D eigenvalue weighted by Gasteiger charge is -2.62. The number of carbonyl (C=O) groups excluding carboxylic acids is 1. The van der Waals surface area contributed by atoms with Crippen LogP contribution in [-0.4, -0.2) is 41.1 Å². The molecule has 3 saturated heterocycles. The molecule has 3 aliphatic carbocycles. The minimum atomic E-state index is -2.94. The van der Waals surface area contributed by atoms with Crippen LogP contribution in [0.2, 0.25) is 0 Å². The van der Waals surface area contributed by atoms with Crippen molar-refractivity contribution in [1.29, 1.82) is 0 Å². The molecule has 0 radical (unpaired) electrons. The molecule has 8 rings (SSSR count). The molecule has 4 heterocycles. The highest BCUT2D eigenvalue weighted by Gasteiger charge is 2.58. The fraction of sp³-hybridized carbons (Fsp3) is 0.556. The van der Waals surface area contributed by atoms with E-state index >= 15 is 0 Å². The molecule has 3 saturated carbocycles. The first kappa shape index (κ1) is 23.6. The van der Waals surface area contributed by atoms with E-state index < -0.39 is 29.8 Å². The smallest absolute Gasteiger partial charge is 0.266 e. The van der Waals surface area contributed by atoms with Crippen molar-refractivity contribution in [3.8, 4) is 0 Å². The van der Waals surface area contributed by atoms with Crippen molar-refractivity contribution in [2.24, 2.45) is 11.8 Å².